The molecule has 0 aliphatic carbocycles. The number of benzene rings is 1. The lowest BCUT2D eigenvalue weighted by molar-refractivity contribution is -0.145. The van der Waals surface area contributed by atoms with Gasteiger partial charge in [0.2, 0.25) is 5.82 Å². The van der Waals surface area contributed by atoms with Crippen LogP contribution in [0.2, 0.25) is 0 Å². The summed E-state index contributed by atoms with van der Waals surface area (Å²) < 4.78 is 50.3. The van der Waals surface area contributed by atoms with Crippen LogP contribution in [0.4, 0.5) is 13.2 Å². The van der Waals surface area contributed by atoms with Crippen molar-refractivity contribution in [3.63, 3.8) is 0 Å². The number of nitrogens with one attached hydrogen (secondary N) is 1. The minimum absolute atomic E-state index is 0.199. The highest BCUT2D eigenvalue weighted by molar-refractivity contribution is 5.97. The Morgan fingerprint density at radius 1 is 1.16 bits per heavy atom. The normalized spacial score (nSPS) is 12.0. The van der Waals surface area contributed by atoms with Crippen LogP contribution < -0.4 is 10.1 Å². The molecule has 0 aliphatic rings. The number of amides is 1. The van der Waals surface area contributed by atoms with Gasteiger partial charge in [0.1, 0.15) is 6.04 Å². The summed E-state index contributed by atoms with van der Waals surface area (Å²) in [5.74, 6) is -6.64. The molecule has 1 amide bonds. The van der Waals surface area contributed by atoms with Gasteiger partial charge in [-0.15, -0.1) is 0 Å². The van der Waals surface area contributed by atoms with E-state index in [4.69, 9.17) is 4.74 Å². The molecule has 1 unspecified atom stereocenters. The van der Waals surface area contributed by atoms with Gasteiger partial charge in [-0.2, -0.15) is 4.39 Å². The van der Waals surface area contributed by atoms with Crippen LogP contribution >= 0.6 is 0 Å². The van der Waals surface area contributed by atoms with Crippen molar-refractivity contribution < 1.29 is 32.2 Å². The predicted octanol–water partition coefficient (Wildman–Crippen LogP) is 3.21. The number of halogens is 3. The molecule has 0 radical (unpaired) electrons. The van der Waals surface area contributed by atoms with Crippen molar-refractivity contribution in [2.45, 2.75) is 39.7 Å². The van der Waals surface area contributed by atoms with E-state index in [-0.39, 0.29) is 6.61 Å². The van der Waals surface area contributed by atoms with Gasteiger partial charge in [-0.05, 0) is 31.7 Å². The summed E-state index contributed by atoms with van der Waals surface area (Å²) in [5.41, 5.74) is -0.768. The van der Waals surface area contributed by atoms with E-state index in [0.717, 1.165) is 13.5 Å². The minimum atomic E-state index is -1.53. The summed E-state index contributed by atoms with van der Waals surface area (Å²) in [5, 5.41) is 2.19. The first-order valence-electron chi connectivity index (χ1n) is 7.88. The second kappa shape index (κ2) is 9.29. The van der Waals surface area contributed by atoms with E-state index in [1.807, 2.05) is 13.8 Å². The zero-order valence-corrected chi connectivity index (χ0v) is 14.6. The van der Waals surface area contributed by atoms with Gasteiger partial charge in [-0.25, -0.2) is 13.6 Å². The summed E-state index contributed by atoms with van der Waals surface area (Å²) in [6.45, 7) is 5.62. The maximum absolute atomic E-state index is 14.0. The minimum Gasteiger partial charge on any atom is -0.491 e. The van der Waals surface area contributed by atoms with Crippen molar-refractivity contribution >= 4 is 11.9 Å². The summed E-state index contributed by atoms with van der Waals surface area (Å²) >= 11 is 0. The summed E-state index contributed by atoms with van der Waals surface area (Å²) in [6.07, 6.45) is 1.56. The largest absolute Gasteiger partial charge is 0.491 e. The molecule has 0 fully saturated rings. The van der Waals surface area contributed by atoms with Crippen LogP contribution in [0.15, 0.2) is 6.07 Å². The molecule has 0 spiro atoms. The van der Waals surface area contributed by atoms with Crippen molar-refractivity contribution in [2.24, 2.45) is 5.92 Å². The van der Waals surface area contributed by atoms with Gasteiger partial charge in [0.15, 0.2) is 17.4 Å². The van der Waals surface area contributed by atoms with E-state index in [1.54, 1.807) is 0 Å². The van der Waals surface area contributed by atoms with Crippen LogP contribution in [0, 0.1) is 23.4 Å². The number of hydrogen-bond donors (Lipinski definition) is 1. The van der Waals surface area contributed by atoms with Gasteiger partial charge >= 0.3 is 5.97 Å². The Hall–Kier alpha value is -2.25. The highest BCUT2D eigenvalue weighted by Gasteiger charge is 2.26. The van der Waals surface area contributed by atoms with E-state index in [1.165, 1.54) is 6.92 Å². The average molecular weight is 361 g/mol. The van der Waals surface area contributed by atoms with Crippen LogP contribution in [0.1, 0.15) is 44.0 Å². The van der Waals surface area contributed by atoms with Gasteiger partial charge in [0, 0.05) is 0 Å². The molecule has 1 rings (SSSR count). The monoisotopic (exact) mass is 361 g/mol. The molecular formula is C17H22F3NO4. The topological polar surface area (TPSA) is 64.6 Å². The molecule has 25 heavy (non-hydrogen) atoms. The average Bonchev–Trinajstić information content (AvgIpc) is 2.54. The molecule has 0 aromatic heterocycles. The Balaban J connectivity index is 2.72. The number of methoxy groups -OCH3 is 1. The van der Waals surface area contributed by atoms with Gasteiger partial charge in [0.05, 0.1) is 19.3 Å². The number of esters is 1. The molecule has 0 heterocycles. The Morgan fingerprint density at radius 2 is 1.80 bits per heavy atom. The van der Waals surface area contributed by atoms with Gasteiger partial charge in [-0.3, -0.25) is 4.79 Å². The Kier molecular flexibility index (Phi) is 7.73. The number of carbonyl (C=O) groups excluding carboxylic acids is 2. The van der Waals surface area contributed by atoms with Gasteiger partial charge in [-0.1, -0.05) is 13.8 Å². The molecule has 1 N–H and O–H groups in total. The SMILES string of the molecule is COc1c(F)c(F)cc(C(=O)NC(C)C(=O)OCCCC(C)C)c1F. The van der Waals surface area contributed by atoms with Crippen LogP contribution in [0.3, 0.4) is 0 Å². The fourth-order valence-electron chi connectivity index (χ4n) is 2.05. The molecule has 1 aromatic rings. The lowest BCUT2D eigenvalue weighted by atomic mass is 10.1. The second-order valence-corrected chi connectivity index (χ2v) is 5.97. The first-order chi connectivity index (χ1) is 11.7. The third kappa shape index (κ3) is 5.65. The van der Waals surface area contributed by atoms with E-state index < -0.39 is 46.7 Å². The number of hydrogen-bond acceptors (Lipinski definition) is 4. The summed E-state index contributed by atoms with van der Waals surface area (Å²) in [6, 6.07) is -0.673. The third-order valence-electron chi connectivity index (χ3n) is 3.44. The zero-order chi connectivity index (χ0) is 19.1. The molecule has 8 heteroatoms. The van der Waals surface area contributed by atoms with E-state index >= 15 is 0 Å². The fraction of sp³-hybridized carbons (Fsp3) is 0.529. The van der Waals surface area contributed by atoms with Gasteiger partial charge < -0.3 is 14.8 Å². The molecule has 0 saturated heterocycles. The number of ether oxygens (including phenoxy) is 2. The van der Waals surface area contributed by atoms with E-state index in [2.05, 4.69) is 10.1 Å². The quantitative estimate of drug-likeness (QED) is 0.439. The van der Waals surface area contributed by atoms with E-state index in [9.17, 15) is 22.8 Å². The maximum atomic E-state index is 14.0. The van der Waals surface area contributed by atoms with E-state index in [0.29, 0.717) is 18.4 Å². The standard InChI is InChI=1S/C17H22F3NO4/c1-9(2)6-5-7-25-17(23)10(3)21-16(22)11-8-12(18)14(20)15(24-4)13(11)19/h8-10H,5-7H2,1-4H3,(H,21,22). The molecule has 1 aromatic carbocycles. The Labute approximate surface area is 144 Å². The number of rotatable bonds is 8. The third-order valence-corrected chi connectivity index (χ3v) is 3.44. The highest BCUT2D eigenvalue weighted by atomic mass is 19.2. The van der Waals surface area contributed by atoms with Crippen molar-refractivity contribution in [1.29, 1.82) is 0 Å². The molecule has 1 atom stereocenters. The molecule has 0 saturated carbocycles. The maximum Gasteiger partial charge on any atom is 0.328 e. The fourth-order valence-corrected chi connectivity index (χ4v) is 2.05. The second-order valence-electron chi connectivity index (χ2n) is 5.97. The highest BCUT2D eigenvalue weighted by Crippen LogP contribution is 2.26. The first-order valence-corrected chi connectivity index (χ1v) is 7.88. The lowest BCUT2D eigenvalue weighted by Crippen LogP contribution is -2.40. The molecule has 5 nitrogen and oxygen atoms in total. The molecule has 0 bridgehead atoms. The van der Waals surface area contributed by atoms with Crippen molar-refractivity contribution in [2.75, 3.05) is 13.7 Å². The Morgan fingerprint density at radius 3 is 2.36 bits per heavy atom. The summed E-state index contributed by atoms with van der Waals surface area (Å²) in [7, 11) is 0.944. The van der Waals surface area contributed by atoms with Crippen LogP contribution in [-0.4, -0.2) is 31.6 Å². The first kappa shape index (κ1) is 20.8. The van der Waals surface area contributed by atoms with Crippen molar-refractivity contribution in [3.05, 3.63) is 29.1 Å². The number of carbonyl (C=O) groups is 2. The predicted molar refractivity (Wildman–Crippen MR) is 84.8 cm³/mol. The molecule has 0 aliphatic heterocycles. The van der Waals surface area contributed by atoms with Gasteiger partial charge in [0.25, 0.3) is 5.91 Å². The van der Waals surface area contributed by atoms with Crippen molar-refractivity contribution in [1.82, 2.24) is 5.32 Å². The van der Waals surface area contributed by atoms with Crippen LogP contribution in [0.5, 0.6) is 5.75 Å². The Bertz CT molecular complexity index is 635. The summed E-state index contributed by atoms with van der Waals surface area (Å²) in [4.78, 5) is 23.8. The van der Waals surface area contributed by atoms with Crippen molar-refractivity contribution in [3.8, 4) is 5.75 Å². The smallest absolute Gasteiger partial charge is 0.328 e. The molecule has 140 valence electrons. The van der Waals surface area contributed by atoms with Crippen LogP contribution in [0.25, 0.3) is 0 Å². The zero-order valence-electron chi connectivity index (χ0n) is 14.6. The lowest BCUT2D eigenvalue weighted by Gasteiger charge is -2.15. The van der Waals surface area contributed by atoms with Crippen LogP contribution in [-0.2, 0) is 9.53 Å². The molecular weight excluding hydrogens is 339 g/mol.